The van der Waals surface area contributed by atoms with E-state index in [1.807, 2.05) is 50.1 Å². The summed E-state index contributed by atoms with van der Waals surface area (Å²) in [5.41, 5.74) is 1.37. The maximum Gasteiger partial charge on any atom is 0.408 e. The van der Waals surface area contributed by atoms with Gasteiger partial charge in [0.2, 0.25) is 5.91 Å². The van der Waals surface area contributed by atoms with Crippen LogP contribution in [-0.4, -0.2) is 78.8 Å². The van der Waals surface area contributed by atoms with E-state index in [1.165, 1.54) is 0 Å². The van der Waals surface area contributed by atoms with Crippen LogP contribution in [0.5, 0.6) is 5.75 Å². The predicted octanol–water partition coefficient (Wildman–Crippen LogP) is 3.85. The van der Waals surface area contributed by atoms with Crippen LogP contribution in [0, 0.1) is 6.92 Å². The van der Waals surface area contributed by atoms with E-state index in [9.17, 15) is 9.59 Å². The van der Waals surface area contributed by atoms with Crippen LogP contribution in [0.1, 0.15) is 32.8 Å². The normalized spacial score (nSPS) is 15.2. The fourth-order valence-electron chi connectivity index (χ4n) is 4.02. The molecule has 0 spiro atoms. The number of piperazine rings is 1. The Morgan fingerprint density at radius 1 is 1.21 bits per heavy atom. The van der Waals surface area contributed by atoms with Crippen molar-refractivity contribution < 1.29 is 19.1 Å². The van der Waals surface area contributed by atoms with Crippen LogP contribution in [0.4, 0.5) is 10.6 Å². The Balaban J connectivity index is 1.68. The zero-order valence-corrected chi connectivity index (χ0v) is 21.8. The summed E-state index contributed by atoms with van der Waals surface area (Å²) in [5, 5.41) is 3.85. The molecule has 1 saturated heterocycles. The number of aryl methyl sites for hydroxylation is 1. The molecule has 0 aliphatic carbocycles. The summed E-state index contributed by atoms with van der Waals surface area (Å²) in [6.07, 6.45) is 1.99. The van der Waals surface area contributed by atoms with Crippen molar-refractivity contribution in [2.75, 3.05) is 50.2 Å². The highest BCUT2D eigenvalue weighted by molar-refractivity contribution is 7.98. The Kier molecular flexibility index (Phi) is 8.52. The molecule has 1 fully saturated rings. The fourth-order valence-corrected chi connectivity index (χ4v) is 4.49. The van der Waals surface area contributed by atoms with Crippen molar-refractivity contribution in [3.63, 3.8) is 0 Å². The molecule has 1 aliphatic heterocycles. The van der Waals surface area contributed by atoms with E-state index in [0.717, 1.165) is 33.8 Å². The van der Waals surface area contributed by atoms with Gasteiger partial charge >= 0.3 is 6.09 Å². The lowest BCUT2D eigenvalue weighted by Gasteiger charge is -2.37. The largest absolute Gasteiger partial charge is 0.494 e. The van der Waals surface area contributed by atoms with Crippen LogP contribution in [-0.2, 0) is 9.53 Å². The minimum Gasteiger partial charge on any atom is -0.494 e. The number of benzene rings is 1. The molecule has 3 rings (SSSR count). The lowest BCUT2D eigenvalue weighted by molar-refractivity contribution is -0.133. The van der Waals surface area contributed by atoms with Crippen molar-refractivity contribution in [2.45, 2.75) is 45.8 Å². The number of thioether (sulfide) groups is 1. The number of fused-ring (bicyclic) bond motifs is 1. The van der Waals surface area contributed by atoms with Gasteiger partial charge in [0, 0.05) is 31.6 Å². The first kappa shape index (κ1) is 25.9. The number of nitrogens with zero attached hydrogens (tertiary/aromatic N) is 3. The van der Waals surface area contributed by atoms with Crippen LogP contribution in [0.3, 0.4) is 0 Å². The number of ether oxygens (including phenoxy) is 2. The van der Waals surface area contributed by atoms with Crippen LogP contribution < -0.4 is 15.0 Å². The molecule has 0 saturated carbocycles. The van der Waals surface area contributed by atoms with E-state index >= 15 is 0 Å². The number of pyridine rings is 1. The molecule has 8 nitrogen and oxygen atoms in total. The van der Waals surface area contributed by atoms with E-state index in [2.05, 4.69) is 23.2 Å². The van der Waals surface area contributed by atoms with Gasteiger partial charge in [-0.25, -0.2) is 9.78 Å². The molecule has 1 aromatic heterocycles. The molecule has 1 atom stereocenters. The number of nitrogens with one attached hydrogen (secondary N) is 1. The van der Waals surface area contributed by atoms with Gasteiger partial charge in [0.05, 0.1) is 7.11 Å². The van der Waals surface area contributed by atoms with Gasteiger partial charge in [0.1, 0.15) is 28.7 Å². The summed E-state index contributed by atoms with van der Waals surface area (Å²) in [4.78, 5) is 34.5. The van der Waals surface area contributed by atoms with Gasteiger partial charge < -0.3 is 24.6 Å². The summed E-state index contributed by atoms with van der Waals surface area (Å²) in [6.45, 7) is 9.96. The van der Waals surface area contributed by atoms with Crippen LogP contribution in [0.25, 0.3) is 10.9 Å². The van der Waals surface area contributed by atoms with E-state index in [0.29, 0.717) is 32.6 Å². The number of carbonyl (C=O) groups excluding carboxylic acids is 2. The van der Waals surface area contributed by atoms with Crippen molar-refractivity contribution in [1.82, 2.24) is 15.2 Å². The van der Waals surface area contributed by atoms with Gasteiger partial charge in [0.15, 0.2) is 0 Å². The number of amides is 2. The Labute approximate surface area is 206 Å². The first-order valence-corrected chi connectivity index (χ1v) is 13.0. The van der Waals surface area contributed by atoms with Crippen LogP contribution >= 0.6 is 11.8 Å². The Morgan fingerprint density at radius 2 is 1.91 bits per heavy atom. The van der Waals surface area contributed by atoms with Crippen LogP contribution in [0.15, 0.2) is 24.3 Å². The molecule has 2 amide bonds. The van der Waals surface area contributed by atoms with E-state index in [4.69, 9.17) is 14.5 Å². The Hall–Kier alpha value is -2.68. The molecule has 2 aromatic rings. The maximum atomic E-state index is 13.3. The van der Waals surface area contributed by atoms with Gasteiger partial charge in [-0.05, 0) is 63.8 Å². The third-order valence-corrected chi connectivity index (χ3v) is 6.37. The number of carbonyl (C=O) groups is 2. The van der Waals surface area contributed by atoms with Crippen molar-refractivity contribution in [1.29, 1.82) is 0 Å². The van der Waals surface area contributed by atoms with E-state index < -0.39 is 17.7 Å². The molecule has 34 heavy (non-hydrogen) atoms. The number of hydrogen-bond donors (Lipinski definition) is 1. The summed E-state index contributed by atoms with van der Waals surface area (Å²) < 4.78 is 10.9. The predicted molar refractivity (Wildman–Crippen MR) is 138 cm³/mol. The molecule has 9 heteroatoms. The first-order chi connectivity index (χ1) is 16.1. The summed E-state index contributed by atoms with van der Waals surface area (Å²) in [6, 6.07) is 7.43. The lowest BCUT2D eigenvalue weighted by Crippen LogP contribution is -2.55. The quantitative estimate of drug-likeness (QED) is 0.634. The highest BCUT2D eigenvalue weighted by Crippen LogP contribution is 2.29. The molecule has 2 heterocycles. The number of rotatable bonds is 7. The van der Waals surface area contributed by atoms with Gasteiger partial charge in [-0.3, -0.25) is 4.79 Å². The molecule has 1 unspecified atom stereocenters. The number of anilines is 1. The second-order valence-electron chi connectivity index (χ2n) is 9.45. The second kappa shape index (κ2) is 11.2. The average Bonchev–Trinajstić information content (AvgIpc) is 2.79. The standard InChI is InChI=1S/C25H36N4O4S/c1-17-16-21(27-22-18(17)8-7-9-20(22)32-5)28-11-13-29(14-12-28)23(30)19(10-15-34-6)26-24(31)33-25(2,3)4/h7-9,16,19H,10-15H2,1-6H3,(H,26,31). The Bertz CT molecular complexity index is 1020. The van der Waals surface area contributed by atoms with Crippen LogP contribution in [0.2, 0.25) is 0 Å². The third-order valence-electron chi connectivity index (χ3n) is 5.73. The fraction of sp³-hybridized carbons (Fsp3) is 0.560. The highest BCUT2D eigenvalue weighted by Gasteiger charge is 2.30. The average molecular weight is 489 g/mol. The number of methoxy groups -OCH3 is 1. The minimum absolute atomic E-state index is 0.0659. The van der Waals surface area contributed by atoms with E-state index in [-0.39, 0.29) is 5.91 Å². The zero-order valence-electron chi connectivity index (χ0n) is 21.0. The van der Waals surface area contributed by atoms with Gasteiger partial charge in [-0.1, -0.05) is 12.1 Å². The zero-order chi connectivity index (χ0) is 24.9. The molecule has 186 valence electrons. The molecule has 1 aromatic carbocycles. The van der Waals surface area contributed by atoms with Crippen molar-refractivity contribution in [3.05, 3.63) is 29.8 Å². The maximum absolute atomic E-state index is 13.3. The Morgan fingerprint density at radius 3 is 2.53 bits per heavy atom. The summed E-state index contributed by atoms with van der Waals surface area (Å²) >= 11 is 1.65. The van der Waals surface area contributed by atoms with Crippen molar-refractivity contribution >= 4 is 40.5 Å². The number of para-hydroxylation sites is 1. The summed E-state index contributed by atoms with van der Waals surface area (Å²) in [5.74, 6) is 2.34. The van der Waals surface area contributed by atoms with Crippen molar-refractivity contribution in [2.24, 2.45) is 0 Å². The van der Waals surface area contributed by atoms with Gasteiger partial charge in [-0.15, -0.1) is 0 Å². The molecule has 1 aliphatic rings. The number of alkyl carbamates (subject to hydrolysis) is 1. The van der Waals surface area contributed by atoms with Gasteiger partial charge in [-0.2, -0.15) is 11.8 Å². The van der Waals surface area contributed by atoms with E-state index in [1.54, 1.807) is 18.9 Å². The molecule has 1 N–H and O–H groups in total. The minimum atomic E-state index is -0.615. The smallest absolute Gasteiger partial charge is 0.408 e. The SMILES string of the molecule is COc1cccc2c(C)cc(N3CCN(C(=O)C(CCSC)NC(=O)OC(C)(C)C)CC3)nc12. The van der Waals surface area contributed by atoms with Gasteiger partial charge in [0.25, 0.3) is 0 Å². The summed E-state index contributed by atoms with van der Waals surface area (Å²) in [7, 11) is 1.65. The molecule has 0 radical (unpaired) electrons. The number of hydrogen-bond acceptors (Lipinski definition) is 7. The second-order valence-corrected chi connectivity index (χ2v) is 10.4. The highest BCUT2D eigenvalue weighted by atomic mass is 32.2. The van der Waals surface area contributed by atoms with Crippen molar-refractivity contribution in [3.8, 4) is 5.75 Å². The molecule has 0 bridgehead atoms. The third kappa shape index (κ3) is 6.46. The first-order valence-electron chi connectivity index (χ1n) is 11.6. The topological polar surface area (TPSA) is 84.0 Å². The molecular weight excluding hydrogens is 452 g/mol. The monoisotopic (exact) mass is 488 g/mol. The lowest BCUT2D eigenvalue weighted by atomic mass is 10.1. The number of aromatic nitrogens is 1. The molecular formula is C25H36N4O4S.